The first-order chi connectivity index (χ1) is 9.72. The van der Waals surface area contributed by atoms with E-state index in [0.717, 1.165) is 44.1 Å². The predicted molar refractivity (Wildman–Crippen MR) is 75.2 cm³/mol. The zero-order chi connectivity index (χ0) is 13.7. The normalized spacial score (nSPS) is 29.7. The maximum absolute atomic E-state index is 13.0. The van der Waals surface area contributed by atoms with Crippen LogP contribution in [0.2, 0.25) is 0 Å². The Hall–Kier alpha value is -1.64. The minimum atomic E-state index is -0.531. The highest BCUT2D eigenvalue weighted by Gasteiger charge is 2.56. The molecule has 1 aromatic carbocycles. The average Bonchev–Trinajstić information content (AvgIpc) is 3.13. The topological polar surface area (TPSA) is 37.4 Å². The van der Waals surface area contributed by atoms with E-state index in [1.807, 2.05) is 18.2 Å². The van der Waals surface area contributed by atoms with Crippen LogP contribution in [0.25, 0.3) is 0 Å². The van der Waals surface area contributed by atoms with Crippen LogP contribution in [0.15, 0.2) is 24.3 Å². The Morgan fingerprint density at radius 2 is 1.85 bits per heavy atom. The molecule has 1 saturated heterocycles. The van der Waals surface area contributed by atoms with Crippen LogP contribution in [0.4, 0.5) is 0 Å². The van der Waals surface area contributed by atoms with Gasteiger partial charge in [0.1, 0.15) is 0 Å². The molecule has 3 nitrogen and oxygen atoms in total. The Bertz CT molecular complexity index is 588. The number of fused-ring (bicyclic) bond motifs is 2. The summed E-state index contributed by atoms with van der Waals surface area (Å²) >= 11 is 0. The first-order valence-corrected chi connectivity index (χ1v) is 7.67. The van der Waals surface area contributed by atoms with Crippen LogP contribution < -0.4 is 0 Å². The summed E-state index contributed by atoms with van der Waals surface area (Å²) in [6.07, 6.45) is 6.40. The minimum Gasteiger partial charge on any atom is -0.279 e. The molecule has 2 amide bonds. The van der Waals surface area contributed by atoms with E-state index in [1.165, 1.54) is 5.56 Å². The maximum Gasteiger partial charge on any atom is 0.240 e. The molecule has 4 rings (SSSR count). The van der Waals surface area contributed by atoms with Gasteiger partial charge in [0.2, 0.25) is 11.8 Å². The van der Waals surface area contributed by atoms with E-state index < -0.39 is 5.41 Å². The van der Waals surface area contributed by atoms with Gasteiger partial charge in [0.25, 0.3) is 0 Å². The maximum atomic E-state index is 13.0. The summed E-state index contributed by atoms with van der Waals surface area (Å²) in [5.41, 5.74) is 1.83. The molecule has 1 aliphatic heterocycles. The van der Waals surface area contributed by atoms with Crippen molar-refractivity contribution in [3.63, 3.8) is 0 Å². The molecular formula is C17H19NO2. The van der Waals surface area contributed by atoms with Crippen molar-refractivity contribution in [2.75, 3.05) is 0 Å². The molecule has 2 fully saturated rings. The van der Waals surface area contributed by atoms with Crippen molar-refractivity contribution in [2.45, 2.75) is 56.4 Å². The molecule has 20 heavy (non-hydrogen) atoms. The monoisotopic (exact) mass is 269 g/mol. The highest BCUT2D eigenvalue weighted by atomic mass is 16.2. The van der Waals surface area contributed by atoms with Crippen LogP contribution in [0.1, 0.15) is 49.7 Å². The highest BCUT2D eigenvalue weighted by Crippen LogP contribution is 2.48. The zero-order valence-corrected chi connectivity index (χ0v) is 11.6. The first-order valence-electron chi connectivity index (χ1n) is 7.67. The van der Waals surface area contributed by atoms with Gasteiger partial charge in [0.05, 0.1) is 5.41 Å². The fourth-order valence-electron chi connectivity index (χ4n) is 4.39. The number of aryl methyl sites for hydroxylation is 1. The number of imide groups is 1. The Labute approximate surface area is 119 Å². The number of benzene rings is 1. The van der Waals surface area contributed by atoms with Crippen molar-refractivity contribution >= 4 is 11.8 Å². The third-order valence-electron chi connectivity index (χ3n) is 5.39. The van der Waals surface area contributed by atoms with Crippen LogP contribution in [0.3, 0.4) is 0 Å². The molecule has 0 bridgehead atoms. The largest absolute Gasteiger partial charge is 0.279 e. The molecule has 0 N–H and O–H groups in total. The van der Waals surface area contributed by atoms with E-state index >= 15 is 0 Å². The smallest absolute Gasteiger partial charge is 0.240 e. The standard InChI is InChI=1S/C17H19NO2/c19-15-11-17(10-9-12-5-1-4-8-14(12)17)16(20)18(15)13-6-2-3-7-13/h1,4-5,8,13H,2-3,6-7,9-11H2/t17-/m0/s1. The Balaban J connectivity index is 1.75. The molecule has 1 aromatic rings. The molecular weight excluding hydrogens is 250 g/mol. The van der Waals surface area contributed by atoms with Crippen LogP contribution in [0.5, 0.6) is 0 Å². The Kier molecular flexibility index (Phi) is 2.53. The van der Waals surface area contributed by atoms with Gasteiger partial charge in [-0.1, -0.05) is 37.1 Å². The first kappa shape index (κ1) is 12.1. The lowest BCUT2D eigenvalue weighted by Gasteiger charge is -2.26. The fraction of sp³-hybridized carbons (Fsp3) is 0.529. The second-order valence-electron chi connectivity index (χ2n) is 6.42. The molecule has 2 aliphatic carbocycles. The van der Waals surface area contributed by atoms with Crippen molar-refractivity contribution in [3.05, 3.63) is 35.4 Å². The summed E-state index contributed by atoms with van der Waals surface area (Å²) in [5.74, 6) is 0.137. The van der Waals surface area contributed by atoms with E-state index in [2.05, 4.69) is 6.07 Å². The molecule has 1 heterocycles. The van der Waals surface area contributed by atoms with Crippen molar-refractivity contribution in [1.29, 1.82) is 0 Å². The van der Waals surface area contributed by atoms with Crippen molar-refractivity contribution < 1.29 is 9.59 Å². The van der Waals surface area contributed by atoms with Gasteiger partial charge in [-0.25, -0.2) is 0 Å². The second kappa shape index (κ2) is 4.18. The summed E-state index contributed by atoms with van der Waals surface area (Å²) in [6.45, 7) is 0. The zero-order valence-electron chi connectivity index (χ0n) is 11.6. The molecule has 1 spiro atoms. The number of carbonyl (C=O) groups is 2. The van der Waals surface area contributed by atoms with Crippen molar-refractivity contribution in [3.8, 4) is 0 Å². The number of rotatable bonds is 1. The van der Waals surface area contributed by atoms with E-state index in [-0.39, 0.29) is 17.9 Å². The molecule has 3 heteroatoms. The lowest BCUT2D eigenvalue weighted by Crippen LogP contribution is -2.42. The van der Waals surface area contributed by atoms with Crippen molar-refractivity contribution in [1.82, 2.24) is 4.90 Å². The molecule has 1 saturated carbocycles. The average molecular weight is 269 g/mol. The van der Waals surface area contributed by atoms with Crippen molar-refractivity contribution in [2.24, 2.45) is 0 Å². The number of hydrogen-bond acceptors (Lipinski definition) is 2. The van der Waals surface area contributed by atoms with Crippen LogP contribution in [-0.2, 0) is 21.4 Å². The van der Waals surface area contributed by atoms with E-state index in [9.17, 15) is 9.59 Å². The van der Waals surface area contributed by atoms with Gasteiger partial charge in [-0.15, -0.1) is 0 Å². The van der Waals surface area contributed by atoms with Gasteiger partial charge < -0.3 is 0 Å². The molecule has 104 valence electrons. The third-order valence-corrected chi connectivity index (χ3v) is 5.39. The summed E-state index contributed by atoms with van der Waals surface area (Å²) in [7, 11) is 0. The number of amides is 2. The summed E-state index contributed by atoms with van der Waals surface area (Å²) in [4.78, 5) is 27.1. The van der Waals surface area contributed by atoms with Gasteiger partial charge in [-0.3, -0.25) is 14.5 Å². The van der Waals surface area contributed by atoms with Gasteiger partial charge in [-0.05, 0) is 36.8 Å². The summed E-state index contributed by atoms with van der Waals surface area (Å²) in [5, 5.41) is 0. The molecule has 1 atom stereocenters. The molecule has 0 radical (unpaired) electrons. The highest BCUT2D eigenvalue weighted by molar-refractivity contribution is 6.10. The SMILES string of the molecule is O=C1C[C@]2(CCc3ccccc32)C(=O)N1C1CCCC1. The lowest BCUT2D eigenvalue weighted by molar-refractivity contribution is -0.142. The minimum absolute atomic E-state index is 0.0543. The molecule has 0 aromatic heterocycles. The Morgan fingerprint density at radius 1 is 1.10 bits per heavy atom. The predicted octanol–water partition coefficient (Wildman–Crippen LogP) is 2.57. The number of carbonyl (C=O) groups excluding carboxylic acids is 2. The number of nitrogens with zero attached hydrogens (tertiary/aromatic N) is 1. The summed E-state index contributed by atoms with van der Waals surface area (Å²) < 4.78 is 0. The van der Waals surface area contributed by atoms with E-state index in [1.54, 1.807) is 4.90 Å². The second-order valence-corrected chi connectivity index (χ2v) is 6.42. The van der Waals surface area contributed by atoms with Crippen LogP contribution >= 0.6 is 0 Å². The van der Waals surface area contributed by atoms with E-state index in [0.29, 0.717) is 6.42 Å². The lowest BCUT2D eigenvalue weighted by atomic mass is 9.80. The van der Waals surface area contributed by atoms with E-state index in [4.69, 9.17) is 0 Å². The van der Waals surface area contributed by atoms with Crippen LogP contribution in [-0.4, -0.2) is 22.8 Å². The quantitative estimate of drug-likeness (QED) is 0.735. The van der Waals surface area contributed by atoms with Gasteiger partial charge in [0.15, 0.2) is 0 Å². The third kappa shape index (κ3) is 1.46. The van der Waals surface area contributed by atoms with Gasteiger partial charge in [0, 0.05) is 12.5 Å². The molecule has 3 aliphatic rings. The van der Waals surface area contributed by atoms with Gasteiger partial charge in [-0.2, -0.15) is 0 Å². The van der Waals surface area contributed by atoms with Crippen LogP contribution in [0, 0.1) is 0 Å². The summed E-state index contributed by atoms with van der Waals surface area (Å²) in [6, 6.07) is 8.32. The number of likely N-dealkylation sites (tertiary alicyclic amines) is 1. The fourth-order valence-corrected chi connectivity index (χ4v) is 4.39. The molecule has 0 unspecified atom stereocenters. The number of hydrogen-bond donors (Lipinski definition) is 0. The Morgan fingerprint density at radius 3 is 2.65 bits per heavy atom. The van der Waals surface area contributed by atoms with Gasteiger partial charge >= 0.3 is 0 Å².